The van der Waals surface area contributed by atoms with Crippen LogP contribution in [0.4, 0.5) is 5.69 Å². The molecule has 1 N–H and O–H groups in total. The van der Waals surface area contributed by atoms with Crippen LogP contribution in [0.2, 0.25) is 5.02 Å². The second-order valence-corrected chi connectivity index (χ2v) is 7.66. The number of methoxy groups -OCH3 is 1. The van der Waals surface area contributed by atoms with Crippen molar-refractivity contribution in [2.24, 2.45) is 10.9 Å². The highest BCUT2D eigenvalue weighted by Gasteiger charge is 2.40. The highest BCUT2D eigenvalue weighted by molar-refractivity contribution is 8.02. The van der Waals surface area contributed by atoms with Gasteiger partial charge < -0.3 is 10.1 Å². The van der Waals surface area contributed by atoms with Gasteiger partial charge in [-0.05, 0) is 36.9 Å². The lowest BCUT2D eigenvalue weighted by atomic mass is 9.76. The largest absolute Gasteiger partial charge is 0.495 e. The second-order valence-electron chi connectivity index (χ2n) is 6.45. The number of hydrogen-bond acceptors (Lipinski definition) is 5. The van der Waals surface area contributed by atoms with Crippen molar-refractivity contribution in [1.29, 1.82) is 5.26 Å². The molecule has 0 aromatic heterocycles. The van der Waals surface area contributed by atoms with Crippen molar-refractivity contribution in [2.75, 3.05) is 18.7 Å². The van der Waals surface area contributed by atoms with E-state index in [1.54, 1.807) is 32.2 Å². The lowest BCUT2D eigenvalue weighted by molar-refractivity contribution is -0.118. The van der Waals surface area contributed by atoms with Gasteiger partial charge in [0.2, 0.25) is 5.91 Å². The van der Waals surface area contributed by atoms with Crippen molar-refractivity contribution in [2.45, 2.75) is 12.8 Å². The molecule has 0 saturated heterocycles. The van der Waals surface area contributed by atoms with Gasteiger partial charge in [-0.1, -0.05) is 41.9 Å². The van der Waals surface area contributed by atoms with Crippen LogP contribution < -0.4 is 10.1 Å². The van der Waals surface area contributed by atoms with Crippen molar-refractivity contribution < 1.29 is 9.53 Å². The number of nitriles is 1. The standard InChI is InChI=1S/C22H20ClN3O2S/c1-13-19(21(27)26-17-10-6-7-11-18(17)28-2)20(14-8-4-5-9-16(14)23)15(12-24)22(25-13)29-3/h4-11,19-20H,1-3H3,(H,26,27)/t19?,20-/m0/s1. The van der Waals surface area contributed by atoms with Crippen LogP contribution in [0.1, 0.15) is 18.4 Å². The third-order valence-electron chi connectivity index (χ3n) is 4.80. The molecule has 1 heterocycles. The molecular formula is C22H20ClN3O2S. The number of amides is 1. The summed E-state index contributed by atoms with van der Waals surface area (Å²) in [4.78, 5) is 17.9. The molecule has 0 radical (unpaired) electrons. The van der Waals surface area contributed by atoms with Gasteiger partial charge in [0.1, 0.15) is 10.8 Å². The van der Waals surface area contributed by atoms with E-state index >= 15 is 0 Å². The number of ether oxygens (including phenoxy) is 1. The summed E-state index contributed by atoms with van der Waals surface area (Å²) < 4.78 is 5.34. The zero-order chi connectivity index (χ0) is 21.0. The summed E-state index contributed by atoms with van der Waals surface area (Å²) in [6, 6.07) is 16.7. The first-order chi connectivity index (χ1) is 14.0. The zero-order valence-electron chi connectivity index (χ0n) is 16.3. The van der Waals surface area contributed by atoms with E-state index in [1.165, 1.54) is 11.8 Å². The van der Waals surface area contributed by atoms with Crippen molar-refractivity contribution in [3.8, 4) is 11.8 Å². The monoisotopic (exact) mass is 425 g/mol. The fraction of sp³-hybridized carbons (Fsp3) is 0.227. The Kier molecular flexibility index (Phi) is 6.63. The van der Waals surface area contributed by atoms with Crippen LogP contribution >= 0.6 is 23.4 Å². The third-order valence-corrected chi connectivity index (χ3v) is 5.85. The Bertz CT molecular complexity index is 1040. The van der Waals surface area contributed by atoms with E-state index < -0.39 is 11.8 Å². The summed E-state index contributed by atoms with van der Waals surface area (Å²) in [5.74, 6) is -0.913. The third kappa shape index (κ3) is 4.16. The van der Waals surface area contributed by atoms with Gasteiger partial charge in [-0.15, -0.1) is 11.8 Å². The normalized spacial score (nSPS) is 18.7. The molecule has 0 saturated carbocycles. The van der Waals surface area contributed by atoms with Gasteiger partial charge in [0, 0.05) is 16.7 Å². The molecule has 0 fully saturated rings. The van der Waals surface area contributed by atoms with Crippen LogP contribution in [-0.2, 0) is 4.79 Å². The van der Waals surface area contributed by atoms with Gasteiger partial charge in [-0.3, -0.25) is 4.79 Å². The first kappa shape index (κ1) is 21.0. The van der Waals surface area contributed by atoms with Gasteiger partial charge in [0.15, 0.2) is 0 Å². The number of nitrogens with one attached hydrogen (secondary N) is 1. The van der Waals surface area contributed by atoms with Crippen LogP contribution in [0, 0.1) is 17.2 Å². The highest BCUT2D eigenvalue weighted by Crippen LogP contribution is 2.43. The number of carbonyl (C=O) groups excluding carboxylic acids is 1. The van der Waals surface area contributed by atoms with E-state index in [1.807, 2.05) is 36.6 Å². The quantitative estimate of drug-likeness (QED) is 0.708. The van der Waals surface area contributed by atoms with Crippen molar-refractivity contribution >= 4 is 40.7 Å². The minimum atomic E-state index is -0.676. The molecule has 148 valence electrons. The number of thioether (sulfide) groups is 1. The Morgan fingerprint density at radius 2 is 1.93 bits per heavy atom. The Balaban J connectivity index is 2.09. The van der Waals surface area contributed by atoms with Gasteiger partial charge in [-0.25, -0.2) is 4.99 Å². The maximum absolute atomic E-state index is 13.4. The SMILES string of the molecule is COc1ccccc1NC(=O)C1C(C)=NC(SC)=C(C#N)[C@@H]1c1ccccc1Cl. The minimum absolute atomic E-state index is 0.270. The summed E-state index contributed by atoms with van der Waals surface area (Å²) in [5, 5.41) is 13.9. The van der Waals surface area contributed by atoms with E-state index in [-0.39, 0.29) is 5.91 Å². The fourth-order valence-corrected chi connectivity index (χ4v) is 4.35. The van der Waals surface area contributed by atoms with Gasteiger partial charge in [-0.2, -0.15) is 5.26 Å². The molecule has 5 nitrogen and oxygen atoms in total. The number of halogens is 1. The molecule has 0 aliphatic carbocycles. The van der Waals surface area contributed by atoms with E-state index in [4.69, 9.17) is 16.3 Å². The summed E-state index contributed by atoms with van der Waals surface area (Å²) in [6.45, 7) is 1.81. The topological polar surface area (TPSA) is 74.5 Å². The Morgan fingerprint density at radius 1 is 1.24 bits per heavy atom. The minimum Gasteiger partial charge on any atom is -0.495 e. The molecule has 7 heteroatoms. The molecule has 1 unspecified atom stereocenters. The fourth-order valence-electron chi connectivity index (χ4n) is 3.47. The van der Waals surface area contributed by atoms with Crippen LogP contribution in [0.25, 0.3) is 0 Å². The zero-order valence-corrected chi connectivity index (χ0v) is 17.8. The van der Waals surface area contributed by atoms with E-state index in [2.05, 4.69) is 16.4 Å². The summed E-state index contributed by atoms with van der Waals surface area (Å²) in [6.07, 6.45) is 1.86. The van der Waals surface area contributed by atoms with E-state index in [0.29, 0.717) is 32.8 Å². The summed E-state index contributed by atoms with van der Waals surface area (Å²) in [7, 11) is 1.55. The van der Waals surface area contributed by atoms with E-state index in [9.17, 15) is 10.1 Å². The first-order valence-electron chi connectivity index (χ1n) is 8.93. The molecule has 1 aliphatic heterocycles. The molecule has 29 heavy (non-hydrogen) atoms. The average Bonchev–Trinajstić information content (AvgIpc) is 2.73. The van der Waals surface area contributed by atoms with Gasteiger partial charge in [0.25, 0.3) is 0 Å². The Morgan fingerprint density at radius 3 is 2.59 bits per heavy atom. The molecular weight excluding hydrogens is 406 g/mol. The van der Waals surface area contributed by atoms with Gasteiger partial charge in [0.05, 0.1) is 30.4 Å². The number of allylic oxidation sites excluding steroid dienone is 1. The number of benzene rings is 2. The molecule has 0 spiro atoms. The summed E-state index contributed by atoms with van der Waals surface area (Å²) >= 11 is 7.85. The predicted octanol–water partition coefficient (Wildman–Crippen LogP) is 5.26. The molecule has 2 aromatic carbocycles. The predicted molar refractivity (Wildman–Crippen MR) is 119 cm³/mol. The van der Waals surface area contributed by atoms with Crippen LogP contribution in [0.5, 0.6) is 5.75 Å². The lowest BCUT2D eigenvalue weighted by Gasteiger charge is -2.31. The maximum atomic E-state index is 13.4. The van der Waals surface area contributed by atoms with Crippen LogP contribution in [0.15, 0.2) is 64.1 Å². The van der Waals surface area contributed by atoms with Gasteiger partial charge >= 0.3 is 0 Å². The number of aliphatic imine (C=N–C) groups is 1. The van der Waals surface area contributed by atoms with Crippen LogP contribution in [0.3, 0.4) is 0 Å². The smallest absolute Gasteiger partial charge is 0.234 e. The molecule has 3 rings (SSSR count). The molecule has 1 amide bonds. The van der Waals surface area contributed by atoms with Crippen molar-refractivity contribution in [1.82, 2.24) is 0 Å². The Hall–Kier alpha value is -2.75. The number of carbonyl (C=O) groups is 1. The average molecular weight is 426 g/mol. The highest BCUT2D eigenvalue weighted by atomic mass is 35.5. The van der Waals surface area contributed by atoms with Crippen molar-refractivity contribution in [3.63, 3.8) is 0 Å². The maximum Gasteiger partial charge on any atom is 0.234 e. The number of hydrogen-bond donors (Lipinski definition) is 1. The number of para-hydroxylation sites is 2. The number of anilines is 1. The first-order valence-corrected chi connectivity index (χ1v) is 10.5. The van der Waals surface area contributed by atoms with Crippen LogP contribution in [-0.4, -0.2) is 25.0 Å². The molecule has 1 aliphatic rings. The van der Waals surface area contributed by atoms with E-state index in [0.717, 1.165) is 5.56 Å². The molecule has 2 aromatic rings. The molecule has 2 atom stereocenters. The Labute approximate surface area is 179 Å². The molecule has 0 bridgehead atoms. The number of nitrogens with zero attached hydrogens (tertiary/aromatic N) is 2. The summed E-state index contributed by atoms with van der Waals surface area (Å²) in [5.41, 5.74) is 2.36. The lowest BCUT2D eigenvalue weighted by Crippen LogP contribution is -2.36. The van der Waals surface area contributed by atoms with Crippen molar-refractivity contribution in [3.05, 3.63) is 69.7 Å². The number of rotatable bonds is 5. The second kappa shape index (κ2) is 9.17.